The number of H-pyrrole nitrogens is 1. The Morgan fingerprint density at radius 1 is 0.356 bits per heavy atom. The van der Waals surface area contributed by atoms with E-state index < -0.39 is 0 Å². The average Bonchev–Trinajstić information content (AvgIpc) is 1.64. The molecule has 1 unspecified atom stereocenters. The quantitative estimate of drug-likeness (QED) is 0.0425. The lowest BCUT2D eigenvalue weighted by Crippen LogP contribution is -2.07. The summed E-state index contributed by atoms with van der Waals surface area (Å²) >= 11 is 0. The summed E-state index contributed by atoms with van der Waals surface area (Å²) in [6.45, 7) is 8.18. The van der Waals surface area contributed by atoms with Crippen LogP contribution in [0, 0.1) is 56.7 Å². The number of nitriles is 5. The van der Waals surface area contributed by atoms with Crippen molar-refractivity contribution in [3.8, 4) is 30.3 Å². The zero-order chi connectivity index (χ0) is 104. The number of benzene rings is 6. The van der Waals surface area contributed by atoms with Crippen LogP contribution in [0.15, 0.2) is 207 Å². The van der Waals surface area contributed by atoms with Crippen molar-refractivity contribution in [2.45, 2.75) is 143 Å². The molecule has 1 N–H and O–H groups in total. The number of ketones is 2. The Kier molecular flexibility index (Phi) is 40.2. The van der Waals surface area contributed by atoms with Crippen LogP contribution >= 0.6 is 0 Å². The van der Waals surface area contributed by atoms with E-state index in [9.17, 15) is 47.9 Å². The summed E-state index contributed by atoms with van der Waals surface area (Å²) in [7, 11) is 7.03. The number of aryl methyl sites for hydroxylation is 11. The van der Waals surface area contributed by atoms with Crippen LogP contribution in [0.1, 0.15) is 155 Å². The number of hydrogen-bond acceptors (Lipinski definition) is 31. The number of imidazole rings is 10. The molecule has 41 heteroatoms. The lowest BCUT2D eigenvalue weighted by Gasteiger charge is -2.11. The van der Waals surface area contributed by atoms with E-state index in [-0.39, 0.29) is 17.5 Å². The molecule has 20 aromatic rings. The van der Waals surface area contributed by atoms with Crippen LogP contribution in [-0.4, -0.2) is 188 Å². The zero-order valence-electron chi connectivity index (χ0n) is 81.1. The minimum atomic E-state index is 0.0774. The van der Waals surface area contributed by atoms with Crippen molar-refractivity contribution in [2.75, 3.05) is 0 Å². The first-order valence-corrected chi connectivity index (χ1v) is 46.0. The van der Waals surface area contributed by atoms with Crippen molar-refractivity contribution in [3.05, 3.63) is 266 Å². The van der Waals surface area contributed by atoms with Crippen molar-refractivity contribution in [1.29, 1.82) is 26.3 Å². The summed E-state index contributed by atoms with van der Waals surface area (Å²) in [6.07, 6.45) is 23.3. The Morgan fingerprint density at radius 3 is 1.21 bits per heavy atom. The molecule has 14 aromatic heterocycles. The Labute approximate surface area is 835 Å². The lowest BCUT2D eigenvalue weighted by molar-refractivity contribution is -0.117. The van der Waals surface area contributed by atoms with Gasteiger partial charge < -0.3 is 70.1 Å². The topological polar surface area (TPSA) is 556 Å². The maximum atomic E-state index is 11.1. The molecule has 0 amide bonds. The van der Waals surface area contributed by atoms with E-state index >= 15 is 0 Å². The first-order chi connectivity index (χ1) is 71.1. The molecule has 0 bridgehead atoms. The van der Waals surface area contributed by atoms with E-state index in [1.165, 1.54) is 6.33 Å². The van der Waals surface area contributed by atoms with Gasteiger partial charge in [0.2, 0.25) is 0 Å². The number of carbonyl (C=O) groups is 10. The fourth-order valence-corrected chi connectivity index (χ4v) is 15.3. The van der Waals surface area contributed by atoms with E-state index in [0.29, 0.717) is 175 Å². The number of nitrogens with one attached hydrogen (secondary N) is 1. The van der Waals surface area contributed by atoms with Gasteiger partial charge in [0.25, 0.3) is 0 Å². The highest BCUT2D eigenvalue weighted by Gasteiger charge is 2.20. The van der Waals surface area contributed by atoms with Gasteiger partial charge in [-0.15, -0.1) is 0 Å². The summed E-state index contributed by atoms with van der Waals surface area (Å²) in [4.78, 5) is 176. The Morgan fingerprint density at radius 2 is 0.760 bits per heavy atom. The molecule has 0 aliphatic rings. The highest BCUT2D eigenvalue weighted by atomic mass is 16.1. The van der Waals surface area contributed by atoms with Gasteiger partial charge in [0.15, 0.2) is 71.0 Å². The number of carbonyl (C=O) groups excluding carboxylic acids is 10. The molecule has 0 fully saturated rings. The number of aldehydes is 8. The third-order valence-electron chi connectivity index (χ3n) is 22.2. The van der Waals surface area contributed by atoms with Gasteiger partial charge in [-0.1, -0.05) is 79.7 Å². The van der Waals surface area contributed by atoms with Crippen LogP contribution in [0.4, 0.5) is 0 Å². The smallest absolute Gasteiger partial charge is 0.198 e. The third kappa shape index (κ3) is 28.0. The molecule has 41 nitrogen and oxygen atoms in total. The molecule has 0 spiro atoms. The van der Waals surface area contributed by atoms with Crippen LogP contribution < -0.4 is 0 Å². The molecule has 0 saturated heterocycles. The minimum absolute atomic E-state index is 0.0774. The van der Waals surface area contributed by atoms with Gasteiger partial charge in [0, 0.05) is 124 Å². The number of fused-ring (bicyclic) bond motifs is 10. The van der Waals surface area contributed by atoms with Crippen LogP contribution in [0.5, 0.6) is 0 Å². The van der Waals surface area contributed by atoms with Gasteiger partial charge in [-0.05, 0) is 105 Å². The van der Waals surface area contributed by atoms with E-state index in [2.05, 4.69) is 115 Å². The third-order valence-corrected chi connectivity index (χ3v) is 22.2. The number of hydrogen-bond donors (Lipinski definition) is 1. The summed E-state index contributed by atoms with van der Waals surface area (Å²) in [5.41, 5.74) is 17.1. The molecule has 0 saturated carbocycles. The zero-order valence-corrected chi connectivity index (χ0v) is 81.1. The molecule has 1 atom stereocenters. The highest BCUT2D eigenvalue weighted by Crippen LogP contribution is 2.27. The molecule has 0 aliphatic carbocycles. The van der Waals surface area contributed by atoms with Crippen molar-refractivity contribution in [3.63, 3.8) is 0 Å². The van der Waals surface area contributed by atoms with Crippen LogP contribution in [0.3, 0.4) is 0 Å². The Hall–Kier alpha value is -19.4. The number of rotatable bonds is 29. The molecule has 0 aliphatic heterocycles. The molecule has 14 heterocycles. The monoisotopic (exact) mass is 1960 g/mol. The van der Waals surface area contributed by atoms with Crippen LogP contribution in [0.25, 0.3) is 111 Å². The van der Waals surface area contributed by atoms with E-state index in [1.807, 2.05) is 181 Å². The normalized spacial score (nSPS) is 10.6. The van der Waals surface area contributed by atoms with Crippen LogP contribution in [0.2, 0.25) is 0 Å². The van der Waals surface area contributed by atoms with Gasteiger partial charge in [-0.2, -0.15) is 26.3 Å². The number of Topliss-reactive ketones (excluding diaryl/α,β-unsaturated/α-hetero) is 2. The second kappa shape index (κ2) is 54.8. The van der Waals surface area contributed by atoms with Gasteiger partial charge in [-0.3, -0.25) is 29.0 Å². The van der Waals surface area contributed by atoms with Gasteiger partial charge in [0.1, 0.15) is 89.0 Å². The Bertz CT molecular complexity index is 7720. The highest BCUT2D eigenvalue weighted by molar-refractivity contribution is 5.86. The number of aromatic amines is 1. The maximum Gasteiger partial charge on any atom is 0.198 e. The molecule has 0 radical (unpaired) electrons. The van der Waals surface area contributed by atoms with Gasteiger partial charge >= 0.3 is 0 Å². The Balaban J connectivity index is 0.000000155. The number of aromatic nitrogens is 26. The van der Waals surface area contributed by atoms with Gasteiger partial charge in [-0.25, -0.2) is 74.8 Å². The predicted octanol–water partition coefficient (Wildman–Crippen LogP) is 14.2. The molecule has 736 valence electrons. The van der Waals surface area contributed by atoms with Gasteiger partial charge in [0.05, 0.1) is 171 Å². The van der Waals surface area contributed by atoms with Crippen molar-refractivity contribution >= 4 is 173 Å². The standard InChI is InChI=1S/2C14H15N3O.C13H13N3O.2C12H11N3O.C10H10N2O.2C8H7N3O.2C7H6N4O/c1-11(18)7-8-14-16-12-5-2-3-6-13(12)17(14)10-4-9-15;1-11(7-10-18)14-16-12-5-2-3-6-13(12)17(14)9-4-8-15;14-8-4-9-16-12-6-2-1-5-11(12)15-13(16)7-3-10-17;2*13-7-3-8-15-11-5-2-1-4-10(11)14-12(15)6-9-16;1-7(13)6-10-11-8-4-2-3-5-9(8)12-10;1-11-7-4-9-3-2-6(7)10-8(11)5-12;1-11-7(5-12)10-6-3-2-4-9-8(6)11;1-11-6(3-12)10-5-2-8-4-9-7(5)11;1-11-5(4-12)10-6-7(11)9-3-2-8-6/h2-3,5-6H,4,7-8,10H2,1H3;2-3,5-6,10-11H,4,7,9H2,1H3;1-2,5-6,10H,3-4,7,9H2;2*1-2,4-5,9H,3,6,8H2;2-5H,6H2,1H3,(H,11,12);2*2-5H,1H3;2*2-4H,1H3. The fraction of sp³-hybridized carbons (Fsp3) is 0.248. The number of pyridine rings is 2. The number of nitrogens with zero attached hydrogens (tertiary/aromatic N) is 30. The SMILES string of the molecule is CC(=O)CCc1nc2ccccc2n1CCC#N.CC(=O)Cc1nc2ccccc2[nH]1.CC(CC=O)c1nc2ccccc2n1CCC#N.Cn1c(C=O)nc2cccnc21.Cn1c(C=O)nc2ccncc21.Cn1c(C=O)nc2cncnc21.Cn1c(C=O)nc2nccnc21.N#CCCn1c(CC=O)nc2ccccc21.N#CCCn1c(CC=O)nc2ccccc21.N#CCCn1c(CCC=O)nc2ccccc21. The maximum absolute atomic E-state index is 11.1. The van der Waals surface area contributed by atoms with E-state index in [0.717, 1.165) is 161 Å². The number of para-hydroxylation sites is 12. The largest absolute Gasteiger partial charge is 0.342 e. The molecule has 20 rings (SSSR count). The van der Waals surface area contributed by atoms with Crippen molar-refractivity contribution in [1.82, 2.24) is 126 Å². The second-order valence-electron chi connectivity index (χ2n) is 32.1. The molecular formula is C105H101N31O10. The first kappa shape index (κ1) is 107. The minimum Gasteiger partial charge on any atom is -0.342 e. The first-order valence-electron chi connectivity index (χ1n) is 46.0. The molecule has 6 aromatic carbocycles. The van der Waals surface area contributed by atoms with Crippen molar-refractivity contribution in [2.24, 2.45) is 28.2 Å². The lowest BCUT2D eigenvalue weighted by atomic mass is 10.1. The summed E-state index contributed by atoms with van der Waals surface area (Å²) in [5, 5.41) is 43.3. The summed E-state index contributed by atoms with van der Waals surface area (Å²) in [5.74, 6) is 6.77. The second-order valence-corrected chi connectivity index (χ2v) is 32.1. The average molecular weight is 1960 g/mol. The van der Waals surface area contributed by atoms with Crippen molar-refractivity contribution < 1.29 is 47.9 Å². The fourth-order valence-electron chi connectivity index (χ4n) is 15.3. The molecule has 146 heavy (non-hydrogen) atoms. The molecular weight excluding hydrogens is 1860 g/mol. The summed E-state index contributed by atoms with van der Waals surface area (Å²) in [6, 6.07) is 62.7. The van der Waals surface area contributed by atoms with E-state index in [1.54, 1.807) is 110 Å². The summed E-state index contributed by atoms with van der Waals surface area (Å²) < 4.78 is 16.6. The van der Waals surface area contributed by atoms with E-state index in [4.69, 9.17) is 26.3 Å². The van der Waals surface area contributed by atoms with Crippen LogP contribution in [-0.2, 0) is 122 Å². The predicted molar refractivity (Wildman–Crippen MR) is 543 cm³/mol.